The Labute approximate surface area is 88.8 Å². The molecule has 0 atom stereocenters. The van der Waals surface area contributed by atoms with Gasteiger partial charge in [-0.1, -0.05) is 24.3 Å². The minimum absolute atomic E-state index is 0.166. The summed E-state index contributed by atoms with van der Waals surface area (Å²) in [4.78, 5) is 0. The van der Waals surface area contributed by atoms with E-state index in [4.69, 9.17) is 4.74 Å². The zero-order chi connectivity index (χ0) is 10.7. The molecule has 0 amide bonds. The van der Waals surface area contributed by atoms with Crippen molar-refractivity contribution in [1.82, 2.24) is 0 Å². The molecular formula is C13H12O2. The first-order valence-electron chi connectivity index (χ1n) is 4.78. The van der Waals surface area contributed by atoms with Crippen molar-refractivity contribution in [3.63, 3.8) is 0 Å². The summed E-state index contributed by atoms with van der Waals surface area (Å²) < 4.78 is 5.51. The van der Waals surface area contributed by atoms with Gasteiger partial charge in [0.05, 0.1) is 0 Å². The van der Waals surface area contributed by atoms with E-state index in [-0.39, 0.29) is 5.75 Å². The second-order valence-corrected chi connectivity index (χ2v) is 3.39. The third-order valence-corrected chi connectivity index (χ3v) is 2.09. The largest absolute Gasteiger partial charge is 0.504 e. The van der Waals surface area contributed by atoms with Gasteiger partial charge in [-0.3, -0.25) is 0 Å². The van der Waals surface area contributed by atoms with Crippen molar-refractivity contribution < 1.29 is 9.84 Å². The van der Waals surface area contributed by atoms with E-state index in [1.165, 1.54) is 0 Å². The molecule has 0 spiro atoms. The molecule has 2 nitrogen and oxygen atoms in total. The Hall–Kier alpha value is -1.96. The van der Waals surface area contributed by atoms with Crippen LogP contribution in [0.4, 0.5) is 0 Å². The first-order chi connectivity index (χ1) is 7.25. The number of phenols is 1. The number of aryl methyl sites for hydroxylation is 1. The lowest BCUT2D eigenvalue weighted by atomic mass is 10.2. The molecule has 0 heterocycles. The van der Waals surface area contributed by atoms with Gasteiger partial charge in [-0.05, 0) is 36.8 Å². The minimum Gasteiger partial charge on any atom is -0.504 e. The molecule has 0 aliphatic rings. The summed E-state index contributed by atoms with van der Waals surface area (Å²) in [6.45, 7) is 1.92. The number of ether oxygens (including phenoxy) is 1. The number of phenolic OH excluding ortho intramolecular Hbond substituents is 1. The molecule has 0 bridgehead atoms. The predicted octanol–water partition coefficient (Wildman–Crippen LogP) is 3.49. The van der Waals surface area contributed by atoms with Gasteiger partial charge in [-0.25, -0.2) is 0 Å². The van der Waals surface area contributed by atoms with E-state index in [2.05, 4.69) is 0 Å². The van der Waals surface area contributed by atoms with Gasteiger partial charge < -0.3 is 9.84 Å². The Morgan fingerprint density at radius 3 is 2.40 bits per heavy atom. The topological polar surface area (TPSA) is 29.5 Å². The molecule has 0 unspecified atom stereocenters. The van der Waals surface area contributed by atoms with Gasteiger partial charge in [-0.2, -0.15) is 0 Å². The Kier molecular flexibility index (Phi) is 2.59. The van der Waals surface area contributed by atoms with E-state index in [1.807, 2.05) is 43.3 Å². The second kappa shape index (κ2) is 4.05. The maximum atomic E-state index is 9.63. The fourth-order valence-corrected chi connectivity index (χ4v) is 1.33. The number of para-hydroxylation sites is 1. The molecule has 0 fully saturated rings. The molecule has 0 radical (unpaired) electrons. The Balaban J connectivity index is 2.25. The highest BCUT2D eigenvalue weighted by molar-refractivity contribution is 5.43. The van der Waals surface area contributed by atoms with E-state index >= 15 is 0 Å². The van der Waals surface area contributed by atoms with Gasteiger partial charge in [0.15, 0.2) is 11.5 Å². The Morgan fingerprint density at radius 1 is 1.00 bits per heavy atom. The SMILES string of the molecule is Cc1ccc(Oc2ccccc2)c(O)c1. The molecule has 2 aromatic rings. The normalized spacial score (nSPS) is 9.93. The summed E-state index contributed by atoms with van der Waals surface area (Å²) >= 11 is 0. The van der Waals surface area contributed by atoms with Crippen molar-refractivity contribution >= 4 is 0 Å². The summed E-state index contributed by atoms with van der Waals surface area (Å²) in [5, 5.41) is 9.63. The van der Waals surface area contributed by atoms with Crippen LogP contribution in [0.15, 0.2) is 48.5 Å². The molecule has 15 heavy (non-hydrogen) atoms. The third kappa shape index (κ3) is 2.29. The number of aromatic hydroxyl groups is 1. The van der Waals surface area contributed by atoms with Crippen LogP contribution in [0.2, 0.25) is 0 Å². The first kappa shape index (κ1) is 9.59. The van der Waals surface area contributed by atoms with Gasteiger partial charge in [0.2, 0.25) is 0 Å². The number of hydrogen-bond donors (Lipinski definition) is 1. The zero-order valence-corrected chi connectivity index (χ0v) is 8.47. The van der Waals surface area contributed by atoms with Crippen molar-refractivity contribution in [2.75, 3.05) is 0 Å². The predicted molar refractivity (Wildman–Crippen MR) is 59.4 cm³/mol. The monoisotopic (exact) mass is 200 g/mol. The highest BCUT2D eigenvalue weighted by atomic mass is 16.5. The zero-order valence-electron chi connectivity index (χ0n) is 8.47. The maximum Gasteiger partial charge on any atom is 0.169 e. The van der Waals surface area contributed by atoms with Crippen LogP contribution in [0.3, 0.4) is 0 Å². The lowest BCUT2D eigenvalue weighted by molar-refractivity contribution is 0.411. The van der Waals surface area contributed by atoms with Crippen molar-refractivity contribution in [2.45, 2.75) is 6.92 Å². The van der Waals surface area contributed by atoms with Gasteiger partial charge in [0.25, 0.3) is 0 Å². The van der Waals surface area contributed by atoms with Gasteiger partial charge in [0, 0.05) is 0 Å². The van der Waals surface area contributed by atoms with E-state index in [0.717, 1.165) is 11.3 Å². The van der Waals surface area contributed by atoms with Crippen LogP contribution in [0.25, 0.3) is 0 Å². The summed E-state index contributed by atoms with van der Waals surface area (Å²) in [6, 6.07) is 14.7. The van der Waals surface area contributed by atoms with Crippen LogP contribution in [0, 0.1) is 6.92 Å². The fraction of sp³-hybridized carbons (Fsp3) is 0.0769. The highest BCUT2D eigenvalue weighted by Crippen LogP contribution is 2.30. The van der Waals surface area contributed by atoms with E-state index in [0.29, 0.717) is 5.75 Å². The fourth-order valence-electron chi connectivity index (χ4n) is 1.33. The molecule has 2 aromatic carbocycles. The lowest BCUT2D eigenvalue weighted by Crippen LogP contribution is -1.84. The molecule has 0 aliphatic heterocycles. The van der Waals surface area contributed by atoms with Crippen LogP contribution >= 0.6 is 0 Å². The Morgan fingerprint density at radius 2 is 1.73 bits per heavy atom. The quantitative estimate of drug-likeness (QED) is 0.804. The molecule has 0 saturated carbocycles. The van der Waals surface area contributed by atoms with Crippen LogP contribution in [-0.2, 0) is 0 Å². The highest BCUT2D eigenvalue weighted by Gasteiger charge is 2.02. The molecule has 0 saturated heterocycles. The number of benzene rings is 2. The van der Waals surface area contributed by atoms with E-state index in [9.17, 15) is 5.11 Å². The average molecular weight is 200 g/mol. The van der Waals surface area contributed by atoms with Gasteiger partial charge >= 0.3 is 0 Å². The standard InChI is InChI=1S/C13H12O2/c1-10-7-8-13(12(14)9-10)15-11-5-3-2-4-6-11/h2-9,14H,1H3. The molecule has 2 heteroatoms. The first-order valence-corrected chi connectivity index (χ1v) is 4.78. The van der Waals surface area contributed by atoms with E-state index in [1.54, 1.807) is 12.1 Å². The van der Waals surface area contributed by atoms with Crippen molar-refractivity contribution in [1.29, 1.82) is 0 Å². The van der Waals surface area contributed by atoms with Crippen molar-refractivity contribution in [3.8, 4) is 17.2 Å². The van der Waals surface area contributed by atoms with Gasteiger partial charge in [0.1, 0.15) is 5.75 Å². The lowest BCUT2D eigenvalue weighted by Gasteiger charge is -2.07. The number of rotatable bonds is 2. The van der Waals surface area contributed by atoms with Crippen molar-refractivity contribution in [3.05, 3.63) is 54.1 Å². The molecule has 76 valence electrons. The molecule has 1 N–H and O–H groups in total. The number of hydrogen-bond acceptors (Lipinski definition) is 2. The maximum absolute atomic E-state index is 9.63. The second-order valence-electron chi connectivity index (χ2n) is 3.39. The summed E-state index contributed by atoms with van der Waals surface area (Å²) in [6.07, 6.45) is 0. The van der Waals surface area contributed by atoms with E-state index < -0.39 is 0 Å². The molecular weight excluding hydrogens is 188 g/mol. The summed E-state index contributed by atoms with van der Waals surface area (Å²) in [7, 11) is 0. The summed E-state index contributed by atoms with van der Waals surface area (Å²) in [5.41, 5.74) is 1.01. The van der Waals surface area contributed by atoms with Crippen LogP contribution in [-0.4, -0.2) is 5.11 Å². The van der Waals surface area contributed by atoms with Crippen molar-refractivity contribution in [2.24, 2.45) is 0 Å². The minimum atomic E-state index is 0.166. The summed E-state index contributed by atoms with van der Waals surface area (Å²) in [5.74, 6) is 1.36. The smallest absolute Gasteiger partial charge is 0.169 e. The van der Waals surface area contributed by atoms with Gasteiger partial charge in [-0.15, -0.1) is 0 Å². The van der Waals surface area contributed by atoms with Crippen LogP contribution in [0.1, 0.15) is 5.56 Å². The average Bonchev–Trinajstić information content (AvgIpc) is 2.24. The van der Waals surface area contributed by atoms with Crippen LogP contribution in [0.5, 0.6) is 17.2 Å². The Bertz CT molecular complexity index is 449. The molecule has 2 rings (SSSR count). The molecule has 0 aliphatic carbocycles. The third-order valence-electron chi connectivity index (χ3n) is 2.09. The molecule has 0 aromatic heterocycles. The van der Waals surface area contributed by atoms with Crippen LogP contribution < -0.4 is 4.74 Å².